The fourth-order valence-electron chi connectivity index (χ4n) is 2.18. The van der Waals surface area contributed by atoms with Gasteiger partial charge in [0, 0.05) is 20.6 Å². The first-order valence-electron chi connectivity index (χ1n) is 6.56. The quantitative estimate of drug-likeness (QED) is 0.839. The summed E-state index contributed by atoms with van der Waals surface area (Å²) in [6, 6.07) is 1.99. The second kappa shape index (κ2) is 6.08. The van der Waals surface area contributed by atoms with Crippen LogP contribution >= 0.6 is 0 Å². The largest absolute Gasteiger partial charge is 0.352 e. The molecule has 1 aliphatic rings. The summed E-state index contributed by atoms with van der Waals surface area (Å²) in [4.78, 5) is 37.4. The lowest BCUT2D eigenvalue weighted by atomic mass is 10.1. The van der Waals surface area contributed by atoms with E-state index >= 15 is 0 Å². The van der Waals surface area contributed by atoms with Crippen molar-refractivity contribution in [2.45, 2.75) is 19.0 Å². The van der Waals surface area contributed by atoms with Gasteiger partial charge in [0.2, 0.25) is 5.91 Å². The zero-order valence-electron chi connectivity index (χ0n) is 12.1. The number of likely N-dealkylation sites (N-methyl/N-ethyl adjacent to an activating group) is 2. The highest BCUT2D eigenvalue weighted by Crippen LogP contribution is 2.16. The molecule has 1 fully saturated rings. The lowest BCUT2D eigenvalue weighted by molar-refractivity contribution is -0.131. The minimum absolute atomic E-state index is 0.00441. The first kappa shape index (κ1) is 15.9. The number of amides is 4. The van der Waals surface area contributed by atoms with Gasteiger partial charge in [-0.2, -0.15) is 0 Å². The Balaban J connectivity index is 1.92. The van der Waals surface area contributed by atoms with E-state index in [-0.39, 0.29) is 13.0 Å². The van der Waals surface area contributed by atoms with Gasteiger partial charge in [-0.3, -0.25) is 14.5 Å². The van der Waals surface area contributed by atoms with Crippen molar-refractivity contribution in [1.82, 2.24) is 15.1 Å². The highest BCUT2D eigenvalue weighted by molar-refractivity contribution is 6.05. The second-order valence-corrected chi connectivity index (χ2v) is 5.04. The Morgan fingerprint density at radius 1 is 1.23 bits per heavy atom. The summed E-state index contributed by atoms with van der Waals surface area (Å²) in [6.07, 6.45) is -0.185. The lowest BCUT2D eigenvalue weighted by Gasteiger charge is -2.15. The monoisotopic (exact) mass is 311 g/mol. The number of imide groups is 1. The van der Waals surface area contributed by atoms with E-state index in [1.165, 1.54) is 25.1 Å². The molecule has 0 saturated carbocycles. The molecule has 1 aromatic rings. The number of nitrogens with zero attached hydrogens (tertiary/aromatic N) is 2. The van der Waals surface area contributed by atoms with Gasteiger partial charge in [-0.15, -0.1) is 0 Å². The molecule has 1 heterocycles. The van der Waals surface area contributed by atoms with Gasteiger partial charge < -0.3 is 10.2 Å². The van der Waals surface area contributed by atoms with Crippen LogP contribution in [-0.2, 0) is 16.1 Å². The standard InChI is InChI=1S/C14H15F2N3O3/c1-18-11(13(21)19(2)14(18)22)6-12(20)17-7-8-3-4-9(15)10(16)5-8/h3-5,11H,6-7H2,1-2H3,(H,17,20)/t11-/m0/s1. The number of carbonyl (C=O) groups excluding carboxylic acids is 3. The second-order valence-electron chi connectivity index (χ2n) is 5.04. The number of rotatable bonds is 4. The average Bonchev–Trinajstić information content (AvgIpc) is 2.66. The minimum Gasteiger partial charge on any atom is -0.352 e. The molecule has 1 aliphatic heterocycles. The average molecular weight is 311 g/mol. The topological polar surface area (TPSA) is 69.7 Å². The first-order valence-corrected chi connectivity index (χ1v) is 6.56. The van der Waals surface area contributed by atoms with Crippen molar-refractivity contribution < 1.29 is 23.2 Å². The van der Waals surface area contributed by atoms with Crippen LogP contribution in [0.3, 0.4) is 0 Å². The van der Waals surface area contributed by atoms with Crippen LogP contribution in [0.25, 0.3) is 0 Å². The van der Waals surface area contributed by atoms with Gasteiger partial charge in [0.05, 0.1) is 6.42 Å². The van der Waals surface area contributed by atoms with E-state index in [0.717, 1.165) is 17.0 Å². The summed E-state index contributed by atoms with van der Waals surface area (Å²) in [7, 11) is 2.79. The van der Waals surface area contributed by atoms with Crippen molar-refractivity contribution >= 4 is 17.8 Å². The SMILES string of the molecule is CN1C(=O)[C@H](CC(=O)NCc2ccc(F)c(F)c2)N(C)C1=O. The summed E-state index contributed by atoms with van der Waals surface area (Å²) in [6.45, 7) is 0.00441. The van der Waals surface area contributed by atoms with Crippen LogP contribution < -0.4 is 5.32 Å². The molecule has 118 valence electrons. The molecule has 0 bridgehead atoms. The highest BCUT2D eigenvalue weighted by Gasteiger charge is 2.41. The molecule has 0 radical (unpaired) electrons. The molecule has 4 amide bonds. The van der Waals surface area contributed by atoms with Crippen LogP contribution in [0.15, 0.2) is 18.2 Å². The third-order valence-electron chi connectivity index (χ3n) is 3.52. The molecule has 1 saturated heterocycles. The van der Waals surface area contributed by atoms with Crippen molar-refractivity contribution in [3.8, 4) is 0 Å². The van der Waals surface area contributed by atoms with Crippen LogP contribution in [0.4, 0.5) is 13.6 Å². The maximum absolute atomic E-state index is 13.0. The third-order valence-corrected chi connectivity index (χ3v) is 3.52. The van der Waals surface area contributed by atoms with Gasteiger partial charge in [0.1, 0.15) is 6.04 Å². The summed E-state index contributed by atoms with van der Waals surface area (Å²) >= 11 is 0. The molecule has 1 atom stereocenters. The van der Waals surface area contributed by atoms with E-state index in [0.29, 0.717) is 5.56 Å². The molecule has 0 aliphatic carbocycles. The van der Waals surface area contributed by atoms with Crippen molar-refractivity contribution in [2.75, 3.05) is 14.1 Å². The number of halogens is 2. The number of benzene rings is 1. The minimum atomic E-state index is -0.996. The van der Waals surface area contributed by atoms with Crippen LogP contribution in [-0.4, -0.2) is 47.8 Å². The summed E-state index contributed by atoms with van der Waals surface area (Å²) in [5.74, 6) is -2.87. The number of hydrogen-bond donors (Lipinski definition) is 1. The molecule has 1 N–H and O–H groups in total. The van der Waals surface area contributed by atoms with E-state index in [9.17, 15) is 23.2 Å². The predicted molar refractivity (Wildman–Crippen MR) is 72.5 cm³/mol. The van der Waals surface area contributed by atoms with Gasteiger partial charge in [0.15, 0.2) is 11.6 Å². The Bertz CT molecular complexity index is 636. The van der Waals surface area contributed by atoms with E-state index in [1.807, 2.05) is 0 Å². The van der Waals surface area contributed by atoms with Gasteiger partial charge in [-0.1, -0.05) is 6.07 Å². The molecule has 0 spiro atoms. The summed E-state index contributed by atoms with van der Waals surface area (Å²) in [5.41, 5.74) is 0.395. The molecular formula is C14H15F2N3O3. The normalized spacial score (nSPS) is 18.1. The molecule has 1 aromatic carbocycles. The molecule has 6 nitrogen and oxygen atoms in total. The molecule has 8 heteroatoms. The maximum atomic E-state index is 13.0. The van der Waals surface area contributed by atoms with E-state index in [2.05, 4.69) is 5.32 Å². The van der Waals surface area contributed by atoms with E-state index in [4.69, 9.17) is 0 Å². The Morgan fingerprint density at radius 2 is 1.91 bits per heavy atom. The van der Waals surface area contributed by atoms with Crippen molar-refractivity contribution in [3.05, 3.63) is 35.4 Å². The van der Waals surface area contributed by atoms with Crippen molar-refractivity contribution in [1.29, 1.82) is 0 Å². The van der Waals surface area contributed by atoms with E-state index in [1.54, 1.807) is 0 Å². The number of carbonyl (C=O) groups is 3. The number of urea groups is 1. The number of nitrogens with one attached hydrogen (secondary N) is 1. The zero-order valence-corrected chi connectivity index (χ0v) is 12.1. The van der Waals surface area contributed by atoms with E-state index < -0.39 is 35.5 Å². The smallest absolute Gasteiger partial charge is 0.326 e. The fourth-order valence-corrected chi connectivity index (χ4v) is 2.18. The van der Waals surface area contributed by atoms with Crippen molar-refractivity contribution in [2.24, 2.45) is 0 Å². The third kappa shape index (κ3) is 3.05. The van der Waals surface area contributed by atoms with Gasteiger partial charge in [-0.25, -0.2) is 13.6 Å². The predicted octanol–water partition coefficient (Wildman–Crippen LogP) is 0.863. The van der Waals surface area contributed by atoms with Crippen LogP contribution in [0.2, 0.25) is 0 Å². The van der Waals surface area contributed by atoms with Crippen LogP contribution in [0.5, 0.6) is 0 Å². The molecular weight excluding hydrogens is 296 g/mol. The maximum Gasteiger partial charge on any atom is 0.326 e. The fraction of sp³-hybridized carbons (Fsp3) is 0.357. The molecule has 0 unspecified atom stereocenters. The zero-order chi connectivity index (χ0) is 16.4. The van der Waals surface area contributed by atoms with Crippen LogP contribution in [0, 0.1) is 11.6 Å². The van der Waals surface area contributed by atoms with Gasteiger partial charge in [-0.05, 0) is 17.7 Å². The Kier molecular flexibility index (Phi) is 4.39. The molecule has 2 rings (SSSR count). The summed E-state index contributed by atoms with van der Waals surface area (Å²) in [5, 5.41) is 2.51. The molecule has 0 aromatic heterocycles. The Morgan fingerprint density at radius 3 is 2.45 bits per heavy atom. The molecule has 22 heavy (non-hydrogen) atoms. The summed E-state index contributed by atoms with van der Waals surface area (Å²) < 4.78 is 25.8. The Labute approximate surface area is 125 Å². The van der Waals surface area contributed by atoms with Crippen molar-refractivity contribution in [3.63, 3.8) is 0 Å². The van der Waals surface area contributed by atoms with Gasteiger partial charge >= 0.3 is 6.03 Å². The van der Waals surface area contributed by atoms with Gasteiger partial charge in [0.25, 0.3) is 5.91 Å². The van der Waals surface area contributed by atoms with Crippen LogP contribution in [0.1, 0.15) is 12.0 Å². The highest BCUT2D eigenvalue weighted by atomic mass is 19.2. The Hall–Kier alpha value is -2.51. The first-order chi connectivity index (χ1) is 10.3. The number of hydrogen-bond acceptors (Lipinski definition) is 3. The lowest BCUT2D eigenvalue weighted by Crippen LogP contribution is -2.37.